The van der Waals surface area contributed by atoms with Crippen molar-refractivity contribution in [3.8, 4) is 67.1 Å². The van der Waals surface area contributed by atoms with E-state index in [0.29, 0.717) is 0 Å². The minimum atomic E-state index is 0.832. The van der Waals surface area contributed by atoms with Crippen LogP contribution < -0.4 is 14.5 Å². The summed E-state index contributed by atoms with van der Waals surface area (Å²) >= 11 is 0. The summed E-state index contributed by atoms with van der Waals surface area (Å²) in [6.07, 6.45) is 0. The number of fused-ring (bicyclic) bond motifs is 2. The highest BCUT2D eigenvalue weighted by Gasteiger charge is 2.28. The van der Waals surface area contributed by atoms with Crippen molar-refractivity contribution in [2.75, 3.05) is 9.80 Å². The summed E-state index contributed by atoms with van der Waals surface area (Å²) in [7, 11) is 0. The minimum Gasteiger partial charge on any atom is -0.456 e. The molecule has 0 N–H and O–H groups in total. The van der Waals surface area contributed by atoms with Crippen molar-refractivity contribution in [3.05, 3.63) is 267 Å². The highest BCUT2D eigenvalue weighted by Crippen LogP contribution is 2.55. The molecule has 0 atom stereocenters. The van der Waals surface area contributed by atoms with Crippen molar-refractivity contribution in [3.63, 3.8) is 0 Å². The van der Waals surface area contributed by atoms with Gasteiger partial charge in [-0.2, -0.15) is 0 Å². The molecule has 11 aromatic carbocycles. The van der Waals surface area contributed by atoms with Gasteiger partial charge in [-0.15, -0.1) is 0 Å². The van der Waals surface area contributed by atoms with E-state index in [-0.39, 0.29) is 0 Å². The van der Waals surface area contributed by atoms with Crippen LogP contribution >= 0.6 is 0 Å². The highest BCUT2D eigenvalue weighted by atomic mass is 16.5. The molecule has 0 bridgehead atoms. The average molecular weight is 857 g/mol. The predicted molar refractivity (Wildman–Crippen MR) is 281 cm³/mol. The molecule has 0 saturated heterocycles. The second-order valence-electron chi connectivity index (χ2n) is 16.9. The third kappa shape index (κ3) is 7.49. The van der Waals surface area contributed by atoms with E-state index in [2.05, 4.69) is 277 Å². The molecule has 0 spiro atoms. The molecule has 1 aliphatic heterocycles. The van der Waals surface area contributed by atoms with E-state index in [4.69, 9.17) is 4.74 Å². The molecular formula is C64H44N2O. The van der Waals surface area contributed by atoms with Crippen LogP contribution in [0.2, 0.25) is 0 Å². The fourth-order valence-corrected chi connectivity index (χ4v) is 9.61. The zero-order chi connectivity index (χ0) is 44.5. The van der Waals surface area contributed by atoms with Crippen molar-refractivity contribution in [1.29, 1.82) is 0 Å². The lowest BCUT2D eigenvalue weighted by Gasteiger charge is -2.32. The molecule has 316 valence electrons. The van der Waals surface area contributed by atoms with E-state index in [1.807, 2.05) is 0 Å². The lowest BCUT2D eigenvalue weighted by atomic mass is 9.91. The molecule has 3 heteroatoms. The van der Waals surface area contributed by atoms with Crippen molar-refractivity contribution in [1.82, 2.24) is 0 Å². The SMILES string of the molecule is c1ccc(-c2ccc(-c3ccc(N(c4ccc(-c5ccc(-c6ccccc6)cc5)cc4)c4ccc5c6c(cccc46)-c4c(cccc4N(c4ccccc4)c4ccccc4)O5)cc3)cc2)cc1. The molecule has 0 saturated carbocycles. The normalized spacial score (nSPS) is 11.4. The summed E-state index contributed by atoms with van der Waals surface area (Å²) in [5, 5.41) is 2.18. The monoisotopic (exact) mass is 856 g/mol. The van der Waals surface area contributed by atoms with E-state index in [0.717, 1.165) is 78.6 Å². The van der Waals surface area contributed by atoms with Gasteiger partial charge >= 0.3 is 0 Å². The largest absolute Gasteiger partial charge is 0.456 e. The Hall–Kier alpha value is -8.92. The molecule has 12 rings (SSSR count). The van der Waals surface area contributed by atoms with Gasteiger partial charge in [-0.05, 0) is 123 Å². The first-order valence-corrected chi connectivity index (χ1v) is 22.8. The number of nitrogens with zero attached hydrogens (tertiary/aromatic N) is 2. The number of hydrogen-bond acceptors (Lipinski definition) is 3. The number of rotatable bonds is 10. The number of para-hydroxylation sites is 2. The lowest BCUT2D eigenvalue weighted by Crippen LogP contribution is -2.13. The van der Waals surface area contributed by atoms with Crippen LogP contribution in [0.15, 0.2) is 267 Å². The first kappa shape index (κ1) is 39.7. The Morgan fingerprint density at radius 3 is 1.07 bits per heavy atom. The number of ether oxygens (including phenoxy) is 1. The van der Waals surface area contributed by atoms with E-state index in [9.17, 15) is 0 Å². The maximum atomic E-state index is 6.92. The number of anilines is 6. The molecule has 0 fully saturated rings. The molecule has 3 nitrogen and oxygen atoms in total. The van der Waals surface area contributed by atoms with Crippen LogP contribution in [-0.2, 0) is 0 Å². The maximum Gasteiger partial charge on any atom is 0.137 e. The zero-order valence-corrected chi connectivity index (χ0v) is 36.7. The summed E-state index contributed by atoms with van der Waals surface area (Å²) in [5.41, 5.74) is 18.1. The Bertz CT molecular complexity index is 3320. The quantitative estimate of drug-likeness (QED) is 0.136. The summed E-state index contributed by atoms with van der Waals surface area (Å²) < 4.78 is 6.92. The van der Waals surface area contributed by atoms with Crippen LogP contribution in [0, 0.1) is 0 Å². The lowest BCUT2D eigenvalue weighted by molar-refractivity contribution is 0.487. The van der Waals surface area contributed by atoms with Gasteiger partial charge in [-0.25, -0.2) is 0 Å². The van der Waals surface area contributed by atoms with Crippen LogP contribution in [-0.4, -0.2) is 0 Å². The summed E-state index contributed by atoms with van der Waals surface area (Å²) in [6.45, 7) is 0. The Balaban J connectivity index is 0.974. The van der Waals surface area contributed by atoms with Gasteiger partial charge < -0.3 is 14.5 Å². The van der Waals surface area contributed by atoms with Gasteiger partial charge in [0.1, 0.15) is 11.5 Å². The van der Waals surface area contributed by atoms with Crippen molar-refractivity contribution in [2.45, 2.75) is 0 Å². The van der Waals surface area contributed by atoms with Crippen molar-refractivity contribution < 1.29 is 4.74 Å². The van der Waals surface area contributed by atoms with E-state index in [1.54, 1.807) is 0 Å². The number of benzene rings is 11. The first-order chi connectivity index (χ1) is 33.2. The van der Waals surface area contributed by atoms with E-state index >= 15 is 0 Å². The molecule has 11 aromatic rings. The van der Waals surface area contributed by atoms with Crippen LogP contribution in [0.3, 0.4) is 0 Å². The Morgan fingerprint density at radius 2 is 0.612 bits per heavy atom. The van der Waals surface area contributed by atoms with Gasteiger partial charge in [0.15, 0.2) is 0 Å². The summed E-state index contributed by atoms with van der Waals surface area (Å²) in [6, 6.07) is 95.3. The second-order valence-corrected chi connectivity index (χ2v) is 16.9. The van der Waals surface area contributed by atoms with Gasteiger partial charge in [-0.1, -0.05) is 194 Å². The van der Waals surface area contributed by atoms with Crippen molar-refractivity contribution >= 4 is 44.9 Å². The molecule has 67 heavy (non-hydrogen) atoms. The molecule has 0 unspecified atom stereocenters. The highest BCUT2D eigenvalue weighted by molar-refractivity contribution is 6.13. The fraction of sp³-hybridized carbons (Fsp3) is 0. The zero-order valence-electron chi connectivity index (χ0n) is 36.7. The minimum absolute atomic E-state index is 0.832. The molecule has 0 aromatic heterocycles. The molecular weight excluding hydrogens is 813 g/mol. The van der Waals surface area contributed by atoms with Gasteiger partial charge in [0.05, 0.1) is 11.4 Å². The molecule has 1 aliphatic rings. The first-order valence-electron chi connectivity index (χ1n) is 22.8. The molecule has 0 aliphatic carbocycles. The standard InChI is InChI=1S/C64H44N2O/c1-5-15-45(16-6-1)47-27-31-49(32-28-47)51-35-39-55(40-36-51)65(56-41-37-52(38-42-56)50-33-29-48(30-34-50)46-17-7-2-8-18-46)59-43-44-62-63-57(59)23-13-24-58(63)64-60(25-14-26-61(64)67-62)66(53-19-9-3-10-20-53)54-21-11-4-12-22-54/h1-44H. The fourth-order valence-electron chi connectivity index (χ4n) is 9.61. The van der Waals surface area contributed by atoms with Crippen molar-refractivity contribution in [2.24, 2.45) is 0 Å². The second kappa shape index (κ2) is 17.2. The van der Waals surface area contributed by atoms with Gasteiger partial charge in [0.2, 0.25) is 0 Å². The van der Waals surface area contributed by atoms with E-state index < -0.39 is 0 Å². The van der Waals surface area contributed by atoms with Crippen LogP contribution in [0.4, 0.5) is 34.1 Å². The Labute approximate surface area is 391 Å². The van der Waals surface area contributed by atoms with E-state index in [1.165, 1.54) is 33.4 Å². The Kier molecular flexibility index (Phi) is 10.2. The van der Waals surface area contributed by atoms with Crippen LogP contribution in [0.1, 0.15) is 0 Å². The number of hydrogen-bond donors (Lipinski definition) is 0. The Morgan fingerprint density at radius 1 is 0.239 bits per heavy atom. The van der Waals surface area contributed by atoms with Crippen LogP contribution in [0.5, 0.6) is 11.5 Å². The van der Waals surface area contributed by atoms with Gasteiger partial charge in [0, 0.05) is 39.1 Å². The maximum absolute atomic E-state index is 6.92. The molecule has 0 radical (unpaired) electrons. The molecule has 0 amide bonds. The predicted octanol–water partition coefficient (Wildman–Crippen LogP) is 18.2. The van der Waals surface area contributed by atoms with Crippen LogP contribution in [0.25, 0.3) is 66.4 Å². The average Bonchev–Trinajstić information content (AvgIpc) is 3.41. The topological polar surface area (TPSA) is 15.7 Å². The summed E-state index contributed by atoms with van der Waals surface area (Å²) in [4.78, 5) is 4.71. The third-order valence-corrected chi connectivity index (χ3v) is 12.9. The van der Waals surface area contributed by atoms with Gasteiger partial charge in [0.25, 0.3) is 0 Å². The summed E-state index contributed by atoms with van der Waals surface area (Å²) in [5.74, 6) is 1.67. The van der Waals surface area contributed by atoms with Gasteiger partial charge in [-0.3, -0.25) is 0 Å². The third-order valence-electron chi connectivity index (χ3n) is 12.9. The smallest absolute Gasteiger partial charge is 0.137 e. The molecule has 1 heterocycles.